The fraction of sp³-hybridized carbons (Fsp3) is 0.440. The molecule has 0 saturated carbocycles. The first-order chi connectivity index (χ1) is 14.5. The third-order valence-electron chi connectivity index (χ3n) is 4.86. The van der Waals surface area contributed by atoms with E-state index in [1.165, 1.54) is 4.90 Å². The van der Waals surface area contributed by atoms with Gasteiger partial charge in [-0.1, -0.05) is 61.8 Å². The molecule has 0 radical (unpaired) electrons. The number of hydrogen-bond acceptors (Lipinski definition) is 3. The molecule has 0 aliphatic rings. The summed E-state index contributed by atoms with van der Waals surface area (Å²) in [7, 11) is 0. The van der Waals surface area contributed by atoms with Crippen molar-refractivity contribution in [1.29, 1.82) is 0 Å². The first kappa shape index (κ1) is 24.7. The Morgan fingerprint density at radius 3 is 2.26 bits per heavy atom. The van der Waals surface area contributed by atoms with Gasteiger partial charge in [-0.3, -0.25) is 9.59 Å². The minimum absolute atomic E-state index is 0.165. The Bertz CT molecular complexity index is 906. The number of ether oxygens (including phenoxy) is 1. The second kappa shape index (κ2) is 10.7. The molecule has 0 saturated heterocycles. The minimum Gasteiger partial charge on any atom is -0.483 e. The highest BCUT2D eigenvalue weighted by atomic mass is 35.5. The fourth-order valence-electron chi connectivity index (χ4n) is 3.18. The number of hydrogen-bond donors (Lipinski definition) is 1. The van der Waals surface area contributed by atoms with Crippen LogP contribution in [0.3, 0.4) is 0 Å². The number of nitrogens with one attached hydrogen (secondary N) is 1. The van der Waals surface area contributed by atoms with Gasteiger partial charge >= 0.3 is 0 Å². The number of amides is 2. The van der Waals surface area contributed by atoms with Crippen molar-refractivity contribution < 1.29 is 14.3 Å². The Hall–Kier alpha value is -2.53. The Labute approximate surface area is 190 Å². The van der Waals surface area contributed by atoms with Gasteiger partial charge in [0.2, 0.25) is 5.91 Å². The molecule has 0 heterocycles. The van der Waals surface area contributed by atoms with E-state index in [0.29, 0.717) is 10.8 Å². The summed E-state index contributed by atoms with van der Waals surface area (Å²) in [4.78, 5) is 27.5. The quantitative estimate of drug-likeness (QED) is 0.610. The van der Waals surface area contributed by atoms with E-state index in [0.717, 1.165) is 11.1 Å². The molecule has 2 rings (SSSR count). The van der Waals surface area contributed by atoms with Crippen molar-refractivity contribution in [2.45, 2.75) is 65.6 Å². The van der Waals surface area contributed by atoms with Crippen molar-refractivity contribution in [2.75, 3.05) is 6.61 Å². The lowest BCUT2D eigenvalue weighted by Crippen LogP contribution is -2.53. The van der Waals surface area contributed by atoms with Gasteiger partial charge in [0.05, 0.1) is 0 Å². The molecule has 0 bridgehead atoms. The molecule has 168 valence electrons. The molecule has 1 N–H and O–H groups in total. The third kappa shape index (κ3) is 7.28. The van der Waals surface area contributed by atoms with Crippen LogP contribution >= 0.6 is 11.6 Å². The lowest BCUT2D eigenvalue weighted by atomic mass is 10.0. The molecule has 31 heavy (non-hydrogen) atoms. The zero-order valence-corrected chi connectivity index (χ0v) is 20.0. The maximum Gasteiger partial charge on any atom is 0.261 e. The van der Waals surface area contributed by atoms with E-state index in [4.69, 9.17) is 16.3 Å². The van der Waals surface area contributed by atoms with E-state index in [-0.39, 0.29) is 30.9 Å². The summed E-state index contributed by atoms with van der Waals surface area (Å²) in [6.07, 6.45) is 0. The molecule has 0 fully saturated rings. The van der Waals surface area contributed by atoms with Crippen LogP contribution in [0.15, 0.2) is 48.5 Å². The standard InChI is InChI=1S/C25H33ClN2O3/c1-17(2)20-12-8-10-14-22(20)31-16-23(29)28(15-19-11-7-9-13-21(19)26)18(3)24(30)27-25(4,5)6/h7-14,17-18H,15-16H2,1-6H3,(H,27,30)/t18-/m1/s1. The van der Waals surface area contributed by atoms with Gasteiger partial charge in [-0.2, -0.15) is 0 Å². The normalized spacial score (nSPS) is 12.4. The first-order valence-corrected chi connectivity index (χ1v) is 10.9. The molecule has 1 atom stereocenters. The molecular formula is C25H33ClN2O3. The SMILES string of the molecule is CC(C)c1ccccc1OCC(=O)N(Cc1ccccc1Cl)[C@H](C)C(=O)NC(C)(C)C. The van der Waals surface area contributed by atoms with Gasteiger partial charge in [-0.05, 0) is 56.9 Å². The van der Waals surface area contributed by atoms with Crippen LogP contribution in [0.2, 0.25) is 5.02 Å². The van der Waals surface area contributed by atoms with Crippen LogP contribution in [-0.4, -0.2) is 34.9 Å². The highest BCUT2D eigenvalue weighted by Crippen LogP contribution is 2.26. The monoisotopic (exact) mass is 444 g/mol. The van der Waals surface area contributed by atoms with Gasteiger partial charge in [0, 0.05) is 17.1 Å². The highest BCUT2D eigenvalue weighted by Gasteiger charge is 2.29. The lowest BCUT2D eigenvalue weighted by molar-refractivity contribution is -0.142. The number of nitrogens with zero attached hydrogens (tertiary/aromatic N) is 1. The molecule has 5 nitrogen and oxygen atoms in total. The molecule has 6 heteroatoms. The van der Waals surface area contributed by atoms with Crippen LogP contribution in [0.5, 0.6) is 5.75 Å². The second-order valence-electron chi connectivity index (χ2n) is 9.01. The summed E-state index contributed by atoms with van der Waals surface area (Å²) >= 11 is 6.32. The zero-order chi connectivity index (χ0) is 23.2. The van der Waals surface area contributed by atoms with Crippen LogP contribution in [0.25, 0.3) is 0 Å². The summed E-state index contributed by atoms with van der Waals surface area (Å²) in [5.74, 6) is 0.433. The largest absolute Gasteiger partial charge is 0.483 e. The zero-order valence-electron chi connectivity index (χ0n) is 19.2. The average molecular weight is 445 g/mol. The van der Waals surface area contributed by atoms with Gasteiger partial charge in [0.15, 0.2) is 6.61 Å². The lowest BCUT2D eigenvalue weighted by Gasteiger charge is -2.31. The maximum absolute atomic E-state index is 13.2. The third-order valence-corrected chi connectivity index (χ3v) is 5.22. The van der Waals surface area contributed by atoms with Gasteiger partial charge in [0.25, 0.3) is 5.91 Å². The highest BCUT2D eigenvalue weighted by molar-refractivity contribution is 6.31. The van der Waals surface area contributed by atoms with Crippen molar-refractivity contribution in [3.8, 4) is 5.75 Å². The molecule has 0 unspecified atom stereocenters. The molecule has 0 spiro atoms. The number of carbonyl (C=O) groups is 2. The number of halogens is 1. The van der Waals surface area contributed by atoms with Crippen LogP contribution in [-0.2, 0) is 16.1 Å². The maximum atomic E-state index is 13.2. The Balaban J connectivity index is 2.23. The summed E-state index contributed by atoms with van der Waals surface area (Å²) in [5.41, 5.74) is 1.40. The Kier molecular flexibility index (Phi) is 8.52. The van der Waals surface area contributed by atoms with Crippen molar-refractivity contribution in [2.24, 2.45) is 0 Å². The topological polar surface area (TPSA) is 58.6 Å². The summed E-state index contributed by atoms with van der Waals surface area (Å²) in [5, 5.41) is 3.50. The number of benzene rings is 2. The average Bonchev–Trinajstić information content (AvgIpc) is 2.69. The molecule has 2 aromatic carbocycles. The number of para-hydroxylation sites is 1. The van der Waals surface area contributed by atoms with Crippen LogP contribution in [0, 0.1) is 0 Å². The van der Waals surface area contributed by atoms with Crippen LogP contribution in [0.1, 0.15) is 58.6 Å². The molecule has 2 amide bonds. The molecular weight excluding hydrogens is 412 g/mol. The molecule has 0 aliphatic heterocycles. The smallest absolute Gasteiger partial charge is 0.261 e. The Morgan fingerprint density at radius 2 is 1.65 bits per heavy atom. The number of rotatable bonds is 8. The van der Waals surface area contributed by atoms with Crippen LogP contribution in [0.4, 0.5) is 0 Å². The van der Waals surface area contributed by atoms with E-state index < -0.39 is 11.6 Å². The molecule has 0 aliphatic carbocycles. The van der Waals surface area contributed by atoms with E-state index >= 15 is 0 Å². The van der Waals surface area contributed by atoms with Gasteiger partial charge in [0.1, 0.15) is 11.8 Å². The fourth-order valence-corrected chi connectivity index (χ4v) is 3.37. The number of carbonyl (C=O) groups excluding carboxylic acids is 2. The van der Waals surface area contributed by atoms with Crippen molar-refractivity contribution in [3.63, 3.8) is 0 Å². The van der Waals surface area contributed by atoms with Gasteiger partial charge in [-0.15, -0.1) is 0 Å². The van der Waals surface area contributed by atoms with E-state index in [1.807, 2.05) is 63.2 Å². The summed E-state index contributed by atoms with van der Waals surface area (Å²) < 4.78 is 5.88. The first-order valence-electron chi connectivity index (χ1n) is 10.6. The predicted octanol–water partition coefficient (Wildman–Crippen LogP) is 5.17. The minimum atomic E-state index is -0.688. The molecule has 2 aromatic rings. The van der Waals surface area contributed by atoms with Crippen molar-refractivity contribution in [1.82, 2.24) is 10.2 Å². The Morgan fingerprint density at radius 1 is 1.03 bits per heavy atom. The predicted molar refractivity (Wildman–Crippen MR) is 125 cm³/mol. The van der Waals surface area contributed by atoms with Crippen molar-refractivity contribution in [3.05, 3.63) is 64.7 Å². The van der Waals surface area contributed by atoms with E-state index in [9.17, 15) is 9.59 Å². The van der Waals surface area contributed by atoms with E-state index in [2.05, 4.69) is 19.2 Å². The van der Waals surface area contributed by atoms with E-state index in [1.54, 1.807) is 13.0 Å². The van der Waals surface area contributed by atoms with Gasteiger partial charge < -0.3 is 15.0 Å². The summed E-state index contributed by atoms with van der Waals surface area (Å²) in [6.45, 7) is 11.6. The second-order valence-corrected chi connectivity index (χ2v) is 9.42. The van der Waals surface area contributed by atoms with Crippen LogP contribution < -0.4 is 10.1 Å². The van der Waals surface area contributed by atoms with Gasteiger partial charge in [-0.25, -0.2) is 0 Å². The molecule has 0 aromatic heterocycles. The summed E-state index contributed by atoms with van der Waals surface area (Å²) in [6, 6.07) is 14.3. The van der Waals surface area contributed by atoms with Crippen molar-refractivity contribution >= 4 is 23.4 Å².